The number of nitrogens with one attached hydrogen (secondary N) is 1. The number of benzene rings is 1. The summed E-state index contributed by atoms with van der Waals surface area (Å²) < 4.78 is 4.99. The van der Waals surface area contributed by atoms with Crippen LogP contribution in [0.4, 0.5) is 10.5 Å². The molecule has 0 spiro atoms. The second-order valence-electron chi connectivity index (χ2n) is 6.88. The van der Waals surface area contributed by atoms with Gasteiger partial charge >= 0.3 is 6.09 Å². The number of piperazine rings is 1. The molecule has 26 heavy (non-hydrogen) atoms. The first-order valence-corrected chi connectivity index (χ1v) is 9.05. The molecule has 0 aromatic heterocycles. The van der Waals surface area contributed by atoms with Gasteiger partial charge in [0.2, 0.25) is 11.8 Å². The van der Waals surface area contributed by atoms with E-state index in [1.807, 2.05) is 31.2 Å². The highest BCUT2D eigenvalue weighted by Crippen LogP contribution is 2.48. The third-order valence-corrected chi connectivity index (χ3v) is 4.96. The van der Waals surface area contributed by atoms with Crippen LogP contribution in [0.5, 0.6) is 0 Å². The Bertz CT molecular complexity index is 706. The lowest BCUT2D eigenvalue weighted by Gasteiger charge is -2.35. The molecule has 1 heterocycles. The average molecular weight is 359 g/mol. The van der Waals surface area contributed by atoms with Crippen LogP contribution in [-0.4, -0.2) is 60.5 Å². The number of hydrogen-bond donors (Lipinski definition) is 1. The summed E-state index contributed by atoms with van der Waals surface area (Å²) in [4.78, 5) is 40.7. The molecule has 1 saturated carbocycles. The fourth-order valence-electron chi connectivity index (χ4n) is 3.25. The zero-order valence-electron chi connectivity index (χ0n) is 15.3. The second kappa shape index (κ2) is 7.35. The molecule has 3 rings (SSSR count). The molecule has 1 aliphatic carbocycles. The lowest BCUT2D eigenvalue weighted by Crippen LogP contribution is -2.53. The van der Waals surface area contributed by atoms with Crippen LogP contribution >= 0.6 is 0 Å². The third kappa shape index (κ3) is 3.66. The molecule has 7 nitrogen and oxygen atoms in total. The lowest BCUT2D eigenvalue weighted by molar-refractivity contribution is -0.143. The summed E-state index contributed by atoms with van der Waals surface area (Å²) in [5.74, 6) is -0.368. The maximum Gasteiger partial charge on any atom is 0.409 e. The van der Waals surface area contributed by atoms with Crippen molar-refractivity contribution in [3.63, 3.8) is 0 Å². The average Bonchev–Trinajstić information content (AvgIpc) is 3.43. The Morgan fingerprint density at radius 2 is 1.77 bits per heavy atom. The van der Waals surface area contributed by atoms with Crippen molar-refractivity contribution in [3.05, 3.63) is 29.8 Å². The van der Waals surface area contributed by atoms with Gasteiger partial charge in [-0.1, -0.05) is 12.1 Å². The van der Waals surface area contributed by atoms with Gasteiger partial charge in [-0.05, 0) is 44.4 Å². The van der Waals surface area contributed by atoms with Crippen LogP contribution in [-0.2, 0) is 14.3 Å². The van der Waals surface area contributed by atoms with Crippen molar-refractivity contribution in [2.75, 3.05) is 38.1 Å². The minimum Gasteiger partial charge on any atom is -0.450 e. The highest BCUT2D eigenvalue weighted by atomic mass is 16.6. The molecular weight excluding hydrogens is 334 g/mol. The summed E-state index contributed by atoms with van der Waals surface area (Å²) in [7, 11) is 0. The zero-order chi connectivity index (χ0) is 18.7. The van der Waals surface area contributed by atoms with Crippen molar-refractivity contribution in [3.8, 4) is 0 Å². The van der Waals surface area contributed by atoms with Crippen LogP contribution < -0.4 is 5.32 Å². The number of nitrogens with zero attached hydrogens (tertiary/aromatic N) is 2. The molecule has 1 aliphatic heterocycles. The maximum absolute atomic E-state index is 12.9. The van der Waals surface area contributed by atoms with E-state index < -0.39 is 5.41 Å². The van der Waals surface area contributed by atoms with Gasteiger partial charge in [0.15, 0.2) is 0 Å². The van der Waals surface area contributed by atoms with E-state index in [2.05, 4.69) is 5.32 Å². The molecular formula is C19H25N3O4. The maximum atomic E-state index is 12.9. The minimum absolute atomic E-state index is 0.133. The van der Waals surface area contributed by atoms with Crippen LogP contribution in [0.2, 0.25) is 0 Å². The van der Waals surface area contributed by atoms with E-state index in [9.17, 15) is 14.4 Å². The summed E-state index contributed by atoms with van der Waals surface area (Å²) in [5.41, 5.74) is 0.811. The van der Waals surface area contributed by atoms with E-state index in [1.165, 1.54) is 0 Å². The van der Waals surface area contributed by atoms with Gasteiger partial charge < -0.3 is 19.9 Å². The Balaban J connectivity index is 1.59. The first-order chi connectivity index (χ1) is 12.5. The Morgan fingerprint density at radius 3 is 2.35 bits per heavy atom. The number of anilines is 1. The fraction of sp³-hybridized carbons (Fsp3) is 0.526. The van der Waals surface area contributed by atoms with Crippen molar-refractivity contribution < 1.29 is 19.1 Å². The quantitative estimate of drug-likeness (QED) is 0.834. The van der Waals surface area contributed by atoms with Gasteiger partial charge in [0, 0.05) is 31.9 Å². The number of carbonyl (C=O) groups is 3. The number of rotatable bonds is 4. The Labute approximate surface area is 153 Å². The predicted molar refractivity (Wildman–Crippen MR) is 96.7 cm³/mol. The van der Waals surface area contributed by atoms with E-state index in [-0.39, 0.29) is 17.9 Å². The van der Waals surface area contributed by atoms with E-state index in [0.717, 1.165) is 5.56 Å². The minimum atomic E-state index is -0.949. The highest BCUT2D eigenvalue weighted by molar-refractivity contribution is 6.13. The van der Waals surface area contributed by atoms with Crippen molar-refractivity contribution in [1.82, 2.24) is 9.80 Å². The number of aryl methyl sites for hydroxylation is 1. The van der Waals surface area contributed by atoms with Gasteiger partial charge in [-0.15, -0.1) is 0 Å². The highest BCUT2D eigenvalue weighted by Gasteiger charge is 2.58. The zero-order valence-corrected chi connectivity index (χ0v) is 15.3. The molecule has 1 aromatic carbocycles. The lowest BCUT2D eigenvalue weighted by atomic mass is 10.0. The van der Waals surface area contributed by atoms with Gasteiger partial charge in [0.05, 0.1) is 6.61 Å². The van der Waals surface area contributed by atoms with E-state index in [4.69, 9.17) is 4.74 Å². The Morgan fingerprint density at radius 1 is 1.12 bits per heavy atom. The number of amides is 3. The Hall–Kier alpha value is -2.57. The third-order valence-electron chi connectivity index (χ3n) is 4.96. The van der Waals surface area contributed by atoms with E-state index >= 15 is 0 Å². The largest absolute Gasteiger partial charge is 0.450 e. The molecule has 1 aromatic rings. The van der Waals surface area contributed by atoms with Crippen molar-refractivity contribution in [1.29, 1.82) is 0 Å². The van der Waals surface area contributed by atoms with Crippen LogP contribution in [0.25, 0.3) is 0 Å². The van der Waals surface area contributed by atoms with Crippen LogP contribution in [0, 0.1) is 12.3 Å². The molecule has 0 unspecified atom stereocenters. The molecule has 140 valence electrons. The van der Waals surface area contributed by atoms with Crippen LogP contribution in [0.15, 0.2) is 24.3 Å². The first-order valence-electron chi connectivity index (χ1n) is 9.05. The fourth-order valence-corrected chi connectivity index (χ4v) is 3.25. The molecule has 0 atom stereocenters. The summed E-state index contributed by atoms with van der Waals surface area (Å²) in [6.45, 7) is 5.77. The molecule has 3 amide bonds. The van der Waals surface area contributed by atoms with Gasteiger partial charge in [-0.25, -0.2) is 4.79 Å². The standard InChI is InChI=1S/C19H25N3O4/c1-3-26-18(25)22-11-9-21(10-12-22)17(24)19(7-8-19)16(23)20-15-6-4-5-14(2)13-15/h4-6,13H,3,7-12H2,1-2H3,(H,20,23). The molecule has 7 heteroatoms. The summed E-state index contributed by atoms with van der Waals surface area (Å²) >= 11 is 0. The monoisotopic (exact) mass is 359 g/mol. The molecule has 0 bridgehead atoms. The van der Waals surface area contributed by atoms with Gasteiger partial charge in [0.25, 0.3) is 0 Å². The molecule has 2 aliphatic rings. The summed E-state index contributed by atoms with van der Waals surface area (Å²) in [6.07, 6.45) is 0.793. The van der Waals surface area contributed by atoms with E-state index in [1.54, 1.807) is 16.7 Å². The van der Waals surface area contributed by atoms with Gasteiger partial charge in [-0.2, -0.15) is 0 Å². The SMILES string of the molecule is CCOC(=O)N1CCN(C(=O)C2(C(=O)Nc3cccc(C)c3)CC2)CC1. The number of hydrogen-bond acceptors (Lipinski definition) is 4. The Kier molecular flexibility index (Phi) is 5.15. The smallest absolute Gasteiger partial charge is 0.409 e. The first kappa shape index (κ1) is 18.2. The topological polar surface area (TPSA) is 79.0 Å². The molecule has 0 radical (unpaired) electrons. The van der Waals surface area contributed by atoms with Crippen molar-refractivity contribution in [2.45, 2.75) is 26.7 Å². The molecule has 1 saturated heterocycles. The van der Waals surface area contributed by atoms with Crippen LogP contribution in [0.3, 0.4) is 0 Å². The molecule has 2 fully saturated rings. The number of ether oxygens (including phenoxy) is 1. The number of carbonyl (C=O) groups excluding carboxylic acids is 3. The van der Waals surface area contributed by atoms with Crippen LogP contribution in [0.1, 0.15) is 25.3 Å². The normalized spacial score (nSPS) is 18.2. The second-order valence-corrected chi connectivity index (χ2v) is 6.88. The van der Waals surface area contributed by atoms with Gasteiger partial charge in [0.1, 0.15) is 5.41 Å². The van der Waals surface area contributed by atoms with Gasteiger partial charge in [-0.3, -0.25) is 9.59 Å². The van der Waals surface area contributed by atoms with Crippen molar-refractivity contribution in [2.24, 2.45) is 5.41 Å². The summed E-state index contributed by atoms with van der Waals surface area (Å²) in [6, 6.07) is 7.54. The molecule has 1 N–H and O–H groups in total. The van der Waals surface area contributed by atoms with Crippen molar-refractivity contribution >= 4 is 23.6 Å². The summed E-state index contributed by atoms with van der Waals surface area (Å²) in [5, 5.41) is 2.88. The van der Waals surface area contributed by atoms with E-state index in [0.29, 0.717) is 51.3 Å². The predicted octanol–water partition coefficient (Wildman–Crippen LogP) is 2.01.